The third-order valence-electron chi connectivity index (χ3n) is 4.35. The topological polar surface area (TPSA) is 36.7 Å². The molecular weight excluding hydrogens is 316 g/mol. The number of nitrogens with zero attached hydrogens (tertiary/aromatic N) is 2. The van der Waals surface area contributed by atoms with Gasteiger partial charge in [0.15, 0.2) is 0 Å². The fourth-order valence-electron chi connectivity index (χ4n) is 3.08. The molecule has 0 fully saturated rings. The van der Waals surface area contributed by atoms with E-state index in [1.165, 1.54) is 0 Å². The first-order chi connectivity index (χ1) is 12.9. The van der Waals surface area contributed by atoms with Crippen molar-refractivity contribution < 1.29 is 0 Å². The van der Waals surface area contributed by atoms with Crippen molar-refractivity contribution in [1.29, 1.82) is 5.26 Å². The van der Waals surface area contributed by atoms with E-state index in [4.69, 9.17) is 4.98 Å². The van der Waals surface area contributed by atoms with Crippen LogP contribution >= 0.6 is 0 Å². The molecule has 0 aliphatic heterocycles. The van der Waals surface area contributed by atoms with Crippen molar-refractivity contribution >= 4 is 0 Å². The predicted molar refractivity (Wildman–Crippen MR) is 105 cm³/mol. The van der Waals surface area contributed by atoms with Crippen LogP contribution in [0.25, 0.3) is 33.6 Å². The fourth-order valence-corrected chi connectivity index (χ4v) is 3.08. The Kier molecular flexibility index (Phi) is 4.28. The number of hydrogen-bond acceptors (Lipinski definition) is 2. The number of benzene rings is 3. The quantitative estimate of drug-likeness (QED) is 0.464. The maximum absolute atomic E-state index is 9.50. The third kappa shape index (κ3) is 2.99. The van der Waals surface area contributed by atoms with Crippen molar-refractivity contribution in [3.63, 3.8) is 0 Å². The lowest BCUT2D eigenvalue weighted by molar-refractivity contribution is 1.32. The van der Waals surface area contributed by atoms with Gasteiger partial charge in [0.25, 0.3) is 0 Å². The lowest BCUT2D eigenvalue weighted by Gasteiger charge is -2.13. The molecule has 1 aromatic heterocycles. The molecule has 0 radical (unpaired) electrons. The normalized spacial score (nSPS) is 10.3. The molecule has 3 aromatic carbocycles. The van der Waals surface area contributed by atoms with Crippen LogP contribution in [0.4, 0.5) is 0 Å². The van der Waals surface area contributed by atoms with Crippen LogP contribution in [0.2, 0.25) is 0 Å². The Morgan fingerprint density at radius 2 is 1.19 bits per heavy atom. The molecule has 2 nitrogen and oxygen atoms in total. The van der Waals surface area contributed by atoms with Crippen LogP contribution < -0.4 is 0 Å². The van der Waals surface area contributed by atoms with E-state index in [1.807, 2.05) is 66.7 Å². The zero-order valence-corrected chi connectivity index (χ0v) is 14.1. The highest BCUT2D eigenvalue weighted by atomic mass is 14.7. The number of rotatable bonds is 3. The first-order valence-electron chi connectivity index (χ1n) is 8.48. The van der Waals surface area contributed by atoms with Gasteiger partial charge in [-0.3, -0.25) is 0 Å². The predicted octanol–water partition coefficient (Wildman–Crippen LogP) is 5.95. The molecule has 4 aromatic rings. The molecule has 0 aliphatic rings. The van der Waals surface area contributed by atoms with Crippen molar-refractivity contribution in [3.05, 3.63) is 103 Å². The number of hydrogen-bond donors (Lipinski definition) is 0. The Morgan fingerprint density at radius 3 is 1.88 bits per heavy atom. The number of nitriles is 1. The van der Waals surface area contributed by atoms with Gasteiger partial charge in [-0.25, -0.2) is 4.98 Å². The van der Waals surface area contributed by atoms with Crippen LogP contribution in [-0.4, -0.2) is 4.98 Å². The van der Waals surface area contributed by atoms with Crippen LogP contribution in [0.15, 0.2) is 97.1 Å². The third-order valence-corrected chi connectivity index (χ3v) is 4.35. The molecule has 122 valence electrons. The fraction of sp³-hybridized carbons (Fsp3) is 0. The first-order valence-corrected chi connectivity index (χ1v) is 8.48. The lowest BCUT2D eigenvalue weighted by atomic mass is 9.95. The van der Waals surface area contributed by atoms with Crippen molar-refractivity contribution in [3.8, 4) is 39.7 Å². The summed E-state index contributed by atoms with van der Waals surface area (Å²) >= 11 is 0. The zero-order chi connectivity index (χ0) is 17.8. The van der Waals surface area contributed by atoms with Gasteiger partial charge in [0.05, 0.1) is 23.0 Å². The molecular formula is C24H16N2. The highest BCUT2D eigenvalue weighted by molar-refractivity contribution is 5.85. The summed E-state index contributed by atoms with van der Waals surface area (Å²) in [4.78, 5) is 4.96. The molecule has 0 aliphatic carbocycles. The summed E-state index contributed by atoms with van der Waals surface area (Å²) in [6.07, 6.45) is 0. The Morgan fingerprint density at radius 1 is 0.577 bits per heavy atom. The molecule has 0 bridgehead atoms. The molecule has 4 rings (SSSR count). The standard InChI is InChI=1S/C24H16N2/c25-17-20-13-7-8-14-21(20)22-15-16-23(18-9-3-1-4-10-18)26-24(22)19-11-5-2-6-12-19/h1-16H. The highest BCUT2D eigenvalue weighted by Gasteiger charge is 2.13. The molecule has 0 saturated heterocycles. The van der Waals surface area contributed by atoms with Gasteiger partial charge < -0.3 is 0 Å². The minimum absolute atomic E-state index is 0.652. The van der Waals surface area contributed by atoms with Crippen LogP contribution in [0, 0.1) is 11.3 Å². The van der Waals surface area contributed by atoms with Crippen molar-refractivity contribution in [2.75, 3.05) is 0 Å². The molecule has 0 spiro atoms. The zero-order valence-electron chi connectivity index (χ0n) is 14.1. The van der Waals surface area contributed by atoms with Gasteiger partial charge in [-0.2, -0.15) is 5.26 Å². The second-order valence-corrected chi connectivity index (χ2v) is 5.98. The minimum Gasteiger partial charge on any atom is -0.247 e. The Balaban J connectivity index is 1.96. The van der Waals surface area contributed by atoms with E-state index >= 15 is 0 Å². The Bertz CT molecular complexity index is 1080. The molecule has 0 N–H and O–H groups in total. The van der Waals surface area contributed by atoms with E-state index in [9.17, 15) is 5.26 Å². The second kappa shape index (κ2) is 7.04. The second-order valence-electron chi connectivity index (χ2n) is 5.98. The molecule has 0 amide bonds. The van der Waals surface area contributed by atoms with E-state index < -0.39 is 0 Å². The maximum atomic E-state index is 9.50. The molecule has 0 saturated carbocycles. The van der Waals surface area contributed by atoms with Gasteiger partial charge in [-0.05, 0) is 18.2 Å². The van der Waals surface area contributed by atoms with Gasteiger partial charge in [0.2, 0.25) is 0 Å². The minimum atomic E-state index is 0.652. The van der Waals surface area contributed by atoms with Gasteiger partial charge in [0, 0.05) is 22.3 Å². The lowest BCUT2D eigenvalue weighted by Crippen LogP contribution is -1.94. The number of pyridine rings is 1. The maximum Gasteiger partial charge on any atom is 0.0998 e. The largest absolute Gasteiger partial charge is 0.247 e. The van der Waals surface area contributed by atoms with Crippen LogP contribution in [-0.2, 0) is 0 Å². The van der Waals surface area contributed by atoms with E-state index in [0.717, 1.165) is 33.6 Å². The molecule has 26 heavy (non-hydrogen) atoms. The van der Waals surface area contributed by atoms with E-state index in [0.29, 0.717) is 5.56 Å². The monoisotopic (exact) mass is 332 g/mol. The van der Waals surface area contributed by atoms with E-state index in [1.54, 1.807) is 0 Å². The summed E-state index contributed by atoms with van der Waals surface area (Å²) in [6.45, 7) is 0. The summed E-state index contributed by atoms with van der Waals surface area (Å²) in [5, 5.41) is 9.50. The smallest absolute Gasteiger partial charge is 0.0998 e. The van der Waals surface area contributed by atoms with Crippen LogP contribution in [0.1, 0.15) is 5.56 Å². The average Bonchev–Trinajstić information content (AvgIpc) is 2.74. The highest BCUT2D eigenvalue weighted by Crippen LogP contribution is 2.34. The van der Waals surface area contributed by atoms with E-state index in [-0.39, 0.29) is 0 Å². The van der Waals surface area contributed by atoms with E-state index in [2.05, 4.69) is 36.4 Å². The van der Waals surface area contributed by atoms with Gasteiger partial charge >= 0.3 is 0 Å². The summed E-state index contributed by atoms with van der Waals surface area (Å²) in [7, 11) is 0. The van der Waals surface area contributed by atoms with Crippen LogP contribution in [0.5, 0.6) is 0 Å². The average molecular weight is 332 g/mol. The number of aromatic nitrogens is 1. The van der Waals surface area contributed by atoms with Gasteiger partial charge in [0.1, 0.15) is 0 Å². The summed E-state index contributed by atoms with van der Waals surface area (Å²) in [6, 6.07) is 34.3. The first kappa shape index (κ1) is 15.8. The van der Waals surface area contributed by atoms with Gasteiger partial charge in [-0.15, -0.1) is 0 Å². The van der Waals surface area contributed by atoms with Crippen molar-refractivity contribution in [2.24, 2.45) is 0 Å². The molecule has 1 heterocycles. The molecule has 0 atom stereocenters. The summed E-state index contributed by atoms with van der Waals surface area (Å²) < 4.78 is 0. The SMILES string of the molecule is N#Cc1ccccc1-c1ccc(-c2ccccc2)nc1-c1ccccc1. The molecule has 0 unspecified atom stereocenters. The summed E-state index contributed by atoms with van der Waals surface area (Å²) in [5.74, 6) is 0. The summed E-state index contributed by atoms with van der Waals surface area (Å²) in [5.41, 5.74) is 6.43. The van der Waals surface area contributed by atoms with Gasteiger partial charge in [-0.1, -0.05) is 78.9 Å². The molecule has 2 heteroatoms. The van der Waals surface area contributed by atoms with Crippen LogP contribution in [0.3, 0.4) is 0 Å². The Hall–Kier alpha value is -3.70. The van der Waals surface area contributed by atoms with Crippen molar-refractivity contribution in [2.45, 2.75) is 0 Å². The Labute approximate surface area is 153 Å². The van der Waals surface area contributed by atoms with Crippen molar-refractivity contribution in [1.82, 2.24) is 4.98 Å².